The van der Waals surface area contributed by atoms with Crippen molar-refractivity contribution in [3.8, 4) is 11.4 Å². The largest absolute Gasteiger partial charge is 0.339 e. The molecular formula is C10H6ClF3N2O. The third-order valence-electron chi connectivity index (χ3n) is 2.02. The molecule has 1 aromatic heterocycles. The summed E-state index contributed by atoms with van der Waals surface area (Å²) in [6.07, 6.45) is 0.348. The Hall–Kier alpha value is -1.56. The van der Waals surface area contributed by atoms with Crippen LogP contribution in [0.15, 0.2) is 16.7 Å². The minimum atomic E-state index is -1.53. The van der Waals surface area contributed by atoms with Crippen molar-refractivity contribution in [1.82, 2.24) is 10.1 Å². The van der Waals surface area contributed by atoms with E-state index in [4.69, 9.17) is 16.1 Å². The van der Waals surface area contributed by atoms with Gasteiger partial charge in [-0.25, -0.2) is 13.2 Å². The van der Waals surface area contributed by atoms with Crippen molar-refractivity contribution in [3.63, 3.8) is 0 Å². The minimum absolute atomic E-state index is 0.00553. The molecule has 1 heterocycles. The molecule has 0 aliphatic carbocycles. The minimum Gasteiger partial charge on any atom is -0.339 e. The Labute approximate surface area is 99.2 Å². The molecule has 0 aliphatic rings. The summed E-state index contributed by atoms with van der Waals surface area (Å²) in [5.41, 5.74) is 0.00553. The molecule has 2 aromatic rings. The molecule has 3 nitrogen and oxygen atoms in total. The van der Waals surface area contributed by atoms with Gasteiger partial charge >= 0.3 is 0 Å². The lowest BCUT2D eigenvalue weighted by atomic mass is 10.2. The summed E-state index contributed by atoms with van der Waals surface area (Å²) in [5, 5.41) is 3.52. The molecule has 0 fully saturated rings. The second kappa shape index (κ2) is 4.75. The predicted octanol–water partition coefficient (Wildman–Crippen LogP) is 2.94. The van der Waals surface area contributed by atoms with Gasteiger partial charge in [0.25, 0.3) is 0 Å². The molecule has 2 rings (SSSR count). The number of halogens is 4. The Morgan fingerprint density at radius 2 is 1.82 bits per heavy atom. The molecule has 90 valence electrons. The highest BCUT2D eigenvalue weighted by molar-refractivity contribution is 6.17. The first-order chi connectivity index (χ1) is 8.11. The van der Waals surface area contributed by atoms with Crippen LogP contribution in [-0.2, 0) is 6.42 Å². The first kappa shape index (κ1) is 11.9. The maximum absolute atomic E-state index is 13.0. The van der Waals surface area contributed by atoms with Crippen LogP contribution in [0.5, 0.6) is 0 Å². The third-order valence-corrected chi connectivity index (χ3v) is 2.21. The van der Waals surface area contributed by atoms with Crippen molar-refractivity contribution in [2.75, 3.05) is 5.88 Å². The summed E-state index contributed by atoms with van der Waals surface area (Å²) in [7, 11) is 0. The smallest absolute Gasteiger partial charge is 0.228 e. The highest BCUT2D eigenvalue weighted by atomic mass is 35.5. The second-order valence-electron chi connectivity index (χ2n) is 3.20. The quantitative estimate of drug-likeness (QED) is 0.631. The topological polar surface area (TPSA) is 38.9 Å². The van der Waals surface area contributed by atoms with E-state index < -0.39 is 17.5 Å². The van der Waals surface area contributed by atoms with Gasteiger partial charge in [-0.05, 0) is 12.1 Å². The fourth-order valence-electron chi connectivity index (χ4n) is 1.24. The van der Waals surface area contributed by atoms with Gasteiger partial charge in [0.05, 0.1) is 0 Å². The monoisotopic (exact) mass is 262 g/mol. The average Bonchev–Trinajstić information content (AvgIpc) is 2.74. The zero-order valence-electron chi connectivity index (χ0n) is 8.38. The van der Waals surface area contributed by atoms with Crippen molar-refractivity contribution in [3.05, 3.63) is 35.5 Å². The van der Waals surface area contributed by atoms with Crippen molar-refractivity contribution in [2.45, 2.75) is 6.42 Å². The third kappa shape index (κ3) is 2.41. The number of hydrogen-bond donors (Lipinski definition) is 0. The van der Waals surface area contributed by atoms with E-state index in [1.165, 1.54) is 0 Å². The van der Waals surface area contributed by atoms with Crippen molar-refractivity contribution in [1.29, 1.82) is 0 Å². The Morgan fingerprint density at radius 3 is 2.41 bits per heavy atom. The maximum Gasteiger partial charge on any atom is 0.228 e. The fraction of sp³-hybridized carbons (Fsp3) is 0.200. The first-order valence-electron chi connectivity index (χ1n) is 4.65. The summed E-state index contributed by atoms with van der Waals surface area (Å²) in [6.45, 7) is 0. The summed E-state index contributed by atoms with van der Waals surface area (Å²) in [6, 6.07) is 1.60. The number of benzene rings is 1. The van der Waals surface area contributed by atoms with Gasteiger partial charge in [0.1, 0.15) is 0 Å². The zero-order chi connectivity index (χ0) is 12.4. The van der Waals surface area contributed by atoms with E-state index >= 15 is 0 Å². The molecule has 0 bridgehead atoms. The number of aryl methyl sites for hydroxylation is 1. The van der Waals surface area contributed by atoms with Gasteiger partial charge in [0.2, 0.25) is 11.7 Å². The second-order valence-corrected chi connectivity index (χ2v) is 3.58. The molecule has 0 radical (unpaired) electrons. The number of alkyl halides is 1. The zero-order valence-corrected chi connectivity index (χ0v) is 9.14. The highest BCUT2D eigenvalue weighted by Gasteiger charge is 2.15. The molecule has 0 saturated heterocycles. The number of nitrogens with zero attached hydrogens (tertiary/aromatic N) is 2. The van der Waals surface area contributed by atoms with E-state index in [1.54, 1.807) is 0 Å². The molecule has 0 unspecified atom stereocenters. The summed E-state index contributed by atoms with van der Waals surface area (Å²) >= 11 is 5.47. The highest BCUT2D eigenvalue weighted by Crippen LogP contribution is 2.21. The summed E-state index contributed by atoms with van der Waals surface area (Å²) in [4.78, 5) is 3.86. The molecule has 0 atom stereocenters. The summed E-state index contributed by atoms with van der Waals surface area (Å²) < 4.78 is 43.4. The van der Waals surface area contributed by atoms with Gasteiger partial charge in [-0.2, -0.15) is 4.98 Å². The standard InChI is InChI=1S/C10H6ClF3N2O/c11-2-1-8-15-10(16-17-8)5-3-6(12)9(14)7(13)4-5/h3-4H,1-2H2. The van der Waals surface area contributed by atoms with Crippen molar-refractivity contribution in [2.24, 2.45) is 0 Å². The lowest BCUT2D eigenvalue weighted by Gasteiger charge is -1.97. The van der Waals surface area contributed by atoms with Crippen LogP contribution in [0, 0.1) is 17.5 Å². The van der Waals surface area contributed by atoms with Crippen LogP contribution in [0.4, 0.5) is 13.2 Å². The number of aromatic nitrogens is 2. The van der Waals surface area contributed by atoms with Gasteiger partial charge in [-0.3, -0.25) is 0 Å². The van der Waals surface area contributed by atoms with Crippen molar-refractivity contribution < 1.29 is 17.7 Å². The Kier molecular flexibility index (Phi) is 3.33. The lowest BCUT2D eigenvalue weighted by Crippen LogP contribution is -1.93. The lowest BCUT2D eigenvalue weighted by molar-refractivity contribution is 0.383. The number of hydrogen-bond acceptors (Lipinski definition) is 3. The van der Waals surface area contributed by atoms with E-state index in [0.29, 0.717) is 6.42 Å². The predicted molar refractivity (Wildman–Crippen MR) is 54.0 cm³/mol. The van der Waals surface area contributed by atoms with Gasteiger partial charge in [-0.1, -0.05) is 5.16 Å². The average molecular weight is 263 g/mol. The van der Waals surface area contributed by atoms with Crippen LogP contribution in [0.2, 0.25) is 0 Å². The van der Waals surface area contributed by atoms with E-state index in [2.05, 4.69) is 10.1 Å². The van der Waals surface area contributed by atoms with E-state index in [1.807, 2.05) is 0 Å². The molecule has 17 heavy (non-hydrogen) atoms. The number of rotatable bonds is 3. The van der Waals surface area contributed by atoms with E-state index in [9.17, 15) is 13.2 Å². The molecule has 7 heteroatoms. The fourth-order valence-corrected chi connectivity index (χ4v) is 1.40. The van der Waals surface area contributed by atoms with Crippen LogP contribution in [0.25, 0.3) is 11.4 Å². The molecule has 0 amide bonds. The summed E-state index contributed by atoms with van der Waals surface area (Å²) in [5.74, 6) is -3.61. The SMILES string of the molecule is Fc1cc(-c2noc(CCCl)n2)cc(F)c1F. The van der Waals surface area contributed by atoms with E-state index in [0.717, 1.165) is 12.1 Å². The van der Waals surface area contributed by atoms with Crippen LogP contribution in [0.1, 0.15) is 5.89 Å². The normalized spacial score (nSPS) is 10.8. The molecule has 0 saturated carbocycles. The Balaban J connectivity index is 2.39. The van der Waals surface area contributed by atoms with Crippen LogP contribution >= 0.6 is 11.6 Å². The Morgan fingerprint density at radius 1 is 1.18 bits per heavy atom. The molecule has 0 spiro atoms. The van der Waals surface area contributed by atoms with Crippen LogP contribution < -0.4 is 0 Å². The molecule has 0 aliphatic heterocycles. The van der Waals surface area contributed by atoms with Crippen LogP contribution in [-0.4, -0.2) is 16.0 Å². The van der Waals surface area contributed by atoms with Gasteiger partial charge in [-0.15, -0.1) is 11.6 Å². The first-order valence-corrected chi connectivity index (χ1v) is 5.18. The molecular weight excluding hydrogens is 257 g/mol. The molecule has 1 aromatic carbocycles. The van der Waals surface area contributed by atoms with Crippen molar-refractivity contribution >= 4 is 11.6 Å². The Bertz CT molecular complexity index is 521. The maximum atomic E-state index is 13.0. The van der Waals surface area contributed by atoms with Gasteiger partial charge < -0.3 is 4.52 Å². The van der Waals surface area contributed by atoms with Gasteiger partial charge in [0, 0.05) is 17.9 Å². The van der Waals surface area contributed by atoms with E-state index in [-0.39, 0.29) is 23.2 Å². The molecule has 0 N–H and O–H groups in total. The van der Waals surface area contributed by atoms with Crippen LogP contribution in [0.3, 0.4) is 0 Å². The van der Waals surface area contributed by atoms with Gasteiger partial charge in [0.15, 0.2) is 17.5 Å².